The topological polar surface area (TPSA) is 35.2 Å². The first kappa shape index (κ1) is 15.1. The highest BCUT2D eigenvalue weighted by Crippen LogP contribution is 2.32. The van der Waals surface area contributed by atoms with Crippen LogP contribution in [0.4, 0.5) is 0 Å². The third-order valence-electron chi connectivity index (χ3n) is 3.76. The van der Waals surface area contributed by atoms with Gasteiger partial charge in [0.2, 0.25) is 0 Å². The minimum Gasteiger partial charge on any atom is -0.496 e. The van der Waals surface area contributed by atoms with Crippen molar-refractivity contribution in [3.05, 3.63) is 62.6 Å². The van der Waals surface area contributed by atoms with Crippen molar-refractivity contribution in [1.29, 1.82) is 0 Å². The summed E-state index contributed by atoms with van der Waals surface area (Å²) in [5.41, 5.74) is 12.2. The summed E-state index contributed by atoms with van der Waals surface area (Å²) in [7, 11) is 1.69. The third-order valence-corrected chi connectivity index (χ3v) is 4.62. The largest absolute Gasteiger partial charge is 0.496 e. The van der Waals surface area contributed by atoms with Crippen molar-refractivity contribution in [1.82, 2.24) is 0 Å². The summed E-state index contributed by atoms with van der Waals surface area (Å²) < 4.78 is 6.45. The predicted molar refractivity (Wildman–Crippen MR) is 87.4 cm³/mol. The molecule has 2 nitrogen and oxygen atoms in total. The van der Waals surface area contributed by atoms with Crippen LogP contribution < -0.4 is 10.5 Å². The van der Waals surface area contributed by atoms with Crippen LogP contribution in [0.15, 0.2) is 34.8 Å². The molecule has 0 radical (unpaired) electrons. The lowest BCUT2D eigenvalue weighted by molar-refractivity contribution is 0.411. The Balaban J connectivity index is 2.51. The Morgan fingerprint density at radius 3 is 2.40 bits per heavy atom. The summed E-state index contributed by atoms with van der Waals surface area (Å²) >= 11 is 3.57. The van der Waals surface area contributed by atoms with Gasteiger partial charge in [-0.15, -0.1) is 0 Å². The molecular weight excluding hydrogens is 314 g/mol. The zero-order valence-corrected chi connectivity index (χ0v) is 13.9. The molecule has 106 valence electrons. The summed E-state index contributed by atoms with van der Waals surface area (Å²) in [5, 5.41) is 0. The highest BCUT2D eigenvalue weighted by molar-refractivity contribution is 9.10. The molecule has 2 N–H and O–H groups in total. The normalized spacial score (nSPS) is 12.3. The first-order valence-corrected chi connectivity index (χ1v) is 7.40. The lowest BCUT2D eigenvalue weighted by atomic mass is 9.91. The zero-order valence-electron chi connectivity index (χ0n) is 12.3. The van der Waals surface area contributed by atoms with Gasteiger partial charge in [0.05, 0.1) is 13.2 Å². The Morgan fingerprint density at radius 2 is 1.75 bits per heavy atom. The van der Waals surface area contributed by atoms with E-state index >= 15 is 0 Å². The number of hydrogen-bond donors (Lipinski definition) is 1. The molecule has 0 saturated heterocycles. The zero-order chi connectivity index (χ0) is 14.9. The van der Waals surface area contributed by atoms with Crippen molar-refractivity contribution in [2.45, 2.75) is 26.8 Å². The molecule has 0 spiro atoms. The van der Waals surface area contributed by atoms with Crippen molar-refractivity contribution in [2.75, 3.05) is 7.11 Å². The molecule has 1 unspecified atom stereocenters. The van der Waals surface area contributed by atoms with Gasteiger partial charge < -0.3 is 10.5 Å². The van der Waals surface area contributed by atoms with Crippen LogP contribution in [0.1, 0.15) is 33.9 Å². The lowest BCUT2D eigenvalue weighted by Crippen LogP contribution is -2.15. The summed E-state index contributed by atoms with van der Waals surface area (Å²) in [6.45, 7) is 6.21. The first-order chi connectivity index (χ1) is 9.45. The molecule has 20 heavy (non-hydrogen) atoms. The number of nitrogens with two attached hydrogens (primary N) is 1. The number of methoxy groups -OCH3 is 1. The highest BCUT2D eigenvalue weighted by Gasteiger charge is 2.16. The van der Waals surface area contributed by atoms with Gasteiger partial charge in [0.25, 0.3) is 0 Å². The van der Waals surface area contributed by atoms with Gasteiger partial charge in [0.15, 0.2) is 0 Å². The quantitative estimate of drug-likeness (QED) is 0.901. The van der Waals surface area contributed by atoms with Gasteiger partial charge in [-0.05, 0) is 60.7 Å². The second-order valence-corrected chi connectivity index (χ2v) is 5.96. The van der Waals surface area contributed by atoms with Crippen molar-refractivity contribution in [2.24, 2.45) is 5.73 Å². The molecule has 0 fully saturated rings. The van der Waals surface area contributed by atoms with E-state index < -0.39 is 0 Å². The van der Waals surface area contributed by atoms with Gasteiger partial charge in [-0.1, -0.05) is 34.1 Å². The van der Waals surface area contributed by atoms with Crippen LogP contribution in [0.25, 0.3) is 0 Å². The van der Waals surface area contributed by atoms with E-state index in [9.17, 15) is 0 Å². The fourth-order valence-corrected chi connectivity index (χ4v) is 2.88. The lowest BCUT2D eigenvalue weighted by Gasteiger charge is -2.20. The van der Waals surface area contributed by atoms with Gasteiger partial charge in [-0.3, -0.25) is 0 Å². The minimum atomic E-state index is -0.128. The molecular formula is C17H20BrNO. The Labute approximate surface area is 129 Å². The number of hydrogen-bond acceptors (Lipinski definition) is 2. The fourth-order valence-electron chi connectivity index (χ4n) is 2.50. The highest BCUT2D eigenvalue weighted by atomic mass is 79.9. The molecule has 0 heterocycles. The van der Waals surface area contributed by atoms with E-state index in [1.807, 2.05) is 19.1 Å². The SMILES string of the molecule is COc1cc(C)c(C(N)c2cccc(Br)c2C)cc1C. The Kier molecular flexibility index (Phi) is 4.51. The molecule has 0 aliphatic heterocycles. The van der Waals surface area contributed by atoms with Crippen LogP contribution >= 0.6 is 15.9 Å². The van der Waals surface area contributed by atoms with Gasteiger partial charge in [0, 0.05) is 4.47 Å². The van der Waals surface area contributed by atoms with Crippen molar-refractivity contribution in [3.8, 4) is 5.75 Å². The van der Waals surface area contributed by atoms with Crippen LogP contribution in [-0.4, -0.2) is 7.11 Å². The number of benzene rings is 2. The molecule has 2 aromatic carbocycles. The van der Waals surface area contributed by atoms with Crippen molar-refractivity contribution >= 4 is 15.9 Å². The summed E-state index contributed by atoms with van der Waals surface area (Å²) in [4.78, 5) is 0. The number of halogens is 1. The smallest absolute Gasteiger partial charge is 0.122 e. The van der Waals surface area contributed by atoms with Gasteiger partial charge in [-0.25, -0.2) is 0 Å². The molecule has 0 aliphatic rings. The molecule has 0 saturated carbocycles. The molecule has 0 aliphatic carbocycles. The monoisotopic (exact) mass is 333 g/mol. The second kappa shape index (κ2) is 5.98. The molecule has 1 atom stereocenters. The summed E-state index contributed by atoms with van der Waals surface area (Å²) in [5.74, 6) is 0.907. The molecule has 2 rings (SSSR count). The number of rotatable bonds is 3. The summed E-state index contributed by atoms with van der Waals surface area (Å²) in [6, 6.07) is 10.2. The van der Waals surface area contributed by atoms with Crippen molar-refractivity contribution < 1.29 is 4.74 Å². The summed E-state index contributed by atoms with van der Waals surface area (Å²) in [6.07, 6.45) is 0. The van der Waals surface area contributed by atoms with E-state index in [1.165, 1.54) is 5.56 Å². The minimum absolute atomic E-state index is 0.128. The van der Waals surface area contributed by atoms with Crippen molar-refractivity contribution in [3.63, 3.8) is 0 Å². The Bertz CT molecular complexity index is 637. The van der Waals surface area contributed by atoms with E-state index in [2.05, 4.69) is 48.0 Å². The number of ether oxygens (including phenoxy) is 1. The molecule has 0 aromatic heterocycles. The van der Waals surface area contributed by atoms with Crippen LogP contribution in [0.5, 0.6) is 5.75 Å². The maximum absolute atomic E-state index is 6.49. The van der Waals surface area contributed by atoms with Gasteiger partial charge >= 0.3 is 0 Å². The van der Waals surface area contributed by atoms with E-state index in [0.717, 1.165) is 32.5 Å². The van der Waals surface area contributed by atoms with Crippen LogP contribution in [-0.2, 0) is 0 Å². The van der Waals surface area contributed by atoms with Gasteiger partial charge in [0.1, 0.15) is 5.75 Å². The van der Waals surface area contributed by atoms with E-state index in [-0.39, 0.29) is 6.04 Å². The molecule has 3 heteroatoms. The predicted octanol–water partition coefficient (Wildman–Crippen LogP) is 4.43. The molecule has 0 bridgehead atoms. The molecule has 0 amide bonds. The first-order valence-electron chi connectivity index (χ1n) is 6.61. The standard InChI is InChI=1S/C17H20BrNO/c1-10-9-16(20-4)11(2)8-14(10)17(19)13-6-5-7-15(18)12(13)3/h5-9,17H,19H2,1-4H3. The fraction of sp³-hybridized carbons (Fsp3) is 0.294. The number of aryl methyl sites for hydroxylation is 2. The van der Waals surface area contributed by atoms with E-state index in [1.54, 1.807) is 7.11 Å². The second-order valence-electron chi connectivity index (χ2n) is 5.11. The third kappa shape index (κ3) is 2.74. The van der Waals surface area contributed by atoms with E-state index in [0.29, 0.717) is 0 Å². The molecule has 2 aromatic rings. The maximum Gasteiger partial charge on any atom is 0.122 e. The van der Waals surface area contributed by atoms with E-state index in [4.69, 9.17) is 10.5 Å². The Morgan fingerprint density at radius 1 is 1.05 bits per heavy atom. The van der Waals surface area contributed by atoms with Crippen LogP contribution in [0, 0.1) is 20.8 Å². The average Bonchev–Trinajstić information content (AvgIpc) is 2.43. The Hall–Kier alpha value is -1.32. The van der Waals surface area contributed by atoms with Gasteiger partial charge in [-0.2, -0.15) is 0 Å². The average molecular weight is 334 g/mol. The maximum atomic E-state index is 6.49. The van der Waals surface area contributed by atoms with Crippen LogP contribution in [0.2, 0.25) is 0 Å². The van der Waals surface area contributed by atoms with Crippen LogP contribution in [0.3, 0.4) is 0 Å².